The van der Waals surface area contributed by atoms with Crippen molar-refractivity contribution >= 4 is 40.5 Å². The van der Waals surface area contributed by atoms with Crippen LogP contribution in [-0.2, 0) is 4.79 Å². The van der Waals surface area contributed by atoms with E-state index in [-0.39, 0.29) is 24.0 Å². The number of hydrazine groups is 1. The van der Waals surface area contributed by atoms with Gasteiger partial charge in [-0.25, -0.2) is 5.01 Å². The molecule has 1 saturated heterocycles. The van der Waals surface area contributed by atoms with E-state index >= 15 is 0 Å². The van der Waals surface area contributed by atoms with Crippen LogP contribution in [0.5, 0.6) is 0 Å². The van der Waals surface area contributed by atoms with E-state index in [9.17, 15) is 9.90 Å². The zero-order valence-electron chi connectivity index (χ0n) is 16.6. The van der Waals surface area contributed by atoms with Crippen LogP contribution in [0.25, 0.3) is 0 Å². The van der Waals surface area contributed by atoms with Gasteiger partial charge in [0.05, 0.1) is 22.9 Å². The van der Waals surface area contributed by atoms with E-state index in [4.69, 9.17) is 28.3 Å². The molecule has 0 unspecified atom stereocenters. The van der Waals surface area contributed by atoms with E-state index < -0.39 is 0 Å². The average molecular weight is 447 g/mol. The summed E-state index contributed by atoms with van der Waals surface area (Å²) in [6.45, 7) is 3.22. The van der Waals surface area contributed by atoms with Crippen LogP contribution in [0.15, 0.2) is 53.6 Å². The number of nitrogens with one attached hydrogen (secondary N) is 1. The number of nitrogens with zero attached hydrogens (tertiary/aromatic N) is 3. The summed E-state index contributed by atoms with van der Waals surface area (Å²) in [5, 5.41) is 19.3. The van der Waals surface area contributed by atoms with Gasteiger partial charge >= 0.3 is 0 Å². The van der Waals surface area contributed by atoms with Gasteiger partial charge < -0.3 is 5.11 Å². The molecule has 0 saturated carbocycles. The van der Waals surface area contributed by atoms with Crippen molar-refractivity contribution in [2.75, 3.05) is 18.1 Å². The Morgan fingerprint density at radius 1 is 1.10 bits per heavy atom. The number of halogens is 2. The molecule has 8 heteroatoms. The van der Waals surface area contributed by atoms with Gasteiger partial charge in [-0.15, -0.1) is 0 Å². The number of para-hydroxylation sites is 1. The van der Waals surface area contributed by atoms with Crippen molar-refractivity contribution in [3.8, 4) is 0 Å². The number of carbonyl (C=O) groups excluding carboxylic acids is 1. The van der Waals surface area contributed by atoms with Crippen LogP contribution in [0, 0.1) is 5.92 Å². The molecule has 0 bridgehead atoms. The Labute approximate surface area is 186 Å². The maximum atomic E-state index is 13.1. The lowest BCUT2D eigenvalue weighted by atomic mass is 9.91. The fourth-order valence-corrected chi connectivity index (χ4v) is 4.34. The normalized spacial score (nSPS) is 22.8. The number of carbonyl (C=O) groups is 1. The van der Waals surface area contributed by atoms with Crippen LogP contribution in [0.3, 0.4) is 0 Å². The van der Waals surface area contributed by atoms with Crippen LogP contribution in [-0.4, -0.2) is 40.9 Å². The number of hydrogen-bond acceptors (Lipinski definition) is 5. The molecule has 6 nitrogen and oxygen atoms in total. The first-order chi connectivity index (χ1) is 14.4. The molecule has 0 aliphatic carbocycles. The number of aliphatic hydroxyl groups is 1. The van der Waals surface area contributed by atoms with Gasteiger partial charge in [-0.1, -0.05) is 54.4 Å². The van der Waals surface area contributed by atoms with Gasteiger partial charge in [-0.05, 0) is 42.7 Å². The zero-order valence-corrected chi connectivity index (χ0v) is 18.1. The van der Waals surface area contributed by atoms with Crippen molar-refractivity contribution in [3.63, 3.8) is 0 Å². The fourth-order valence-electron chi connectivity index (χ4n) is 3.99. The summed E-state index contributed by atoms with van der Waals surface area (Å²) in [5.41, 5.74) is 5.14. The topological polar surface area (TPSA) is 68.2 Å². The second kappa shape index (κ2) is 8.94. The largest absolute Gasteiger partial charge is 0.393 e. The lowest BCUT2D eigenvalue weighted by Crippen LogP contribution is -2.50. The minimum atomic E-state index is -0.300. The van der Waals surface area contributed by atoms with E-state index in [0.29, 0.717) is 41.7 Å². The first kappa shape index (κ1) is 21.1. The Kier molecular flexibility index (Phi) is 6.29. The monoisotopic (exact) mass is 446 g/mol. The quantitative estimate of drug-likeness (QED) is 0.743. The summed E-state index contributed by atoms with van der Waals surface area (Å²) in [5.74, 6) is -0.398. The third-order valence-corrected chi connectivity index (χ3v) is 6.22. The lowest BCUT2D eigenvalue weighted by Gasteiger charge is -2.30. The van der Waals surface area contributed by atoms with Crippen LogP contribution < -0.4 is 10.4 Å². The van der Waals surface area contributed by atoms with Gasteiger partial charge in [0.1, 0.15) is 5.71 Å². The zero-order chi connectivity index (χ0) is 21.3. The Balaban J connectivity index is 1.63. The maximum absolute atomic E-state index is 13.1. The van der Waals surface area contributed by atoms with Crippen LogP contribution in [0.4, 0.5) is 5.69 Å². The van der Waals surface area contributed by atoms with E-state index in [0.717, 1.165) is 11.3 Å². The molecule has 0 aromatic heterocycles. The van der Waals surface area contributed by atoms with Crippen LogP contribution in [0.2, 0.25) is 10.0 Å². The van der Waals surface area contributed by atoms with E-state index in [1.54, 1.807) is 0 Å². The highest BCUT2D eigenvalue weighted by Gasteiger charge is 2.40. The molecule has 2 aliphatic rings. The van der Waals surface area contributed by atoms with E-state index in [1.165, 1.54) is 0 Å². The summed E-state index contributed by atoms with van der Waals surface area (Å²) in [4.78, 5) is 13.1. The molecular formula is C22H24Cl2N4O2. The number of anilines is 1. The molecule has 1 fully saturated rings. The van der Waals surface area contributed by atoms with Crippen molar-refractivity contribution in [2.45, 2.75) is 31.9 Å². The van der Waals surface area contributed by atoms with Gasteiger partial charge in [0, 0.05) is 24.0 Å². The number of amides is 1. The number of hydrogen-bond donors (Lipinski definition) is 2. The summed E-state index contributed by atoms with van der Waals surface area (Å²) in [6.07, 6.45) is 0.981. The maximum Gasteiger partial charge on any atom is 0.282 e. The number of aliphatic hydroxyl groups excluding tert-OH is 1. The highest BCUT2D eigenvalue weighted by Crippen LogP contribution is 2.41. The SMILES string of the molecule is C[C@@H]1C(C(=O)NN2CCC(O)CC2)=NN(c2ccccc2Cl)[C@@H]1c1ccc(Cl)cc1. The number of benzene rings is 2. The van der Waals surface area contributed by atoms with E-state index in [1.807, 2.05) is 65.5 Å². The summed E-state index contributed by atoms with van der Waals surface area (Å²) >= 11 is 12.5. The van der Waals surface area contributed by atoms with Crippen LogP contribution in [0.1, 0.15) is 31.4 Å². The van der Waals surface area contributed by atoms with Crippen LogP contribution >= 0.6 is 23.2 Å². The summed E-state index contributed by atoms with van der Waals surface area (Å²) in [7, 11) is 0. The molecule has 2 aromatic carbocycles. The van der Waals surface area contributed by atoms with Gasteiger partial charge in [0.15, 0.2) is 0 Å². The predicted octanol–water partition coefficient (Wildman–Crippen LogP) is 4.03. The minimum absolute atomic E-state index is 0.169. The first-order valence-corrected chi connectivity index (χ1v) is 10.8. The summed E-state index contributed by atoms with van der Waals surface area (Å²) < 4.78 is 0. The predicted molar refractivity (Wildman–Crippen MR) is 120 cm³/mol. The van der Waals surface area contributed by atoms with Crippen molar-refractivity contribution in [1.29, 1.82) is 0 Å². The number of rotatable bonds is 4. The van der Waals surface area contributed by atoms with Gasteiger partial charge in [0.25, 0.3) is 5.91 Å². The highest BCUT2D eigenvalue weighted by molar-refractivity contribution is 6.40. The molecule has 1 amide bonds. The second-order valence-electron chi connectivity index (χ2n) is 7.73. The molecule has 158 valence electrons. The smallest absolute Gasteiger partial charge is 0.282 e. The lowest BCUT2D eigenvalue weighted by molar-refractivity contribution is -0.120. The molecule has 2 aromatic rings. The Morgan fingerprint density at radius 2 is 1.77 bits per heavy atom. The highest BCUT2D eigenvalue weighted by atomic mass is 35.5. The molecule has 0 spiro atoms. The van der Waals surface area contributed by atoms with Gasteiger partial charge in [-0.2, -0.15) is 5.10 Å². The molecule has 30 heavy (non-hydrogen) atoms. The van der Waals surface area contributed by atoms with E-state index in [2.05, 4.69) is 5.43 Å². The fraction of sp³-hybridized carbons (Fsp3) is 0.364. The standard InChI is InChI=1S/C22H24Cl2N4O2/c1-14-20(22(30)26-27-12-10-17(29)11-13-27)25-28(19-5-3-2-4-18(19)24)21(14)15-6-8-16(23)9-7-15/h2-9,14,17,21,29H,10-13H2,1H3,(H,26,30)/t14-,21+/m1/s1. The van der Waals surface area contributed by atoms with Gasteiger partial charge in [-0.3, -0.25) is 15.2 Å². The Morgan fingerprint density at radius 3 is 2.43 bits per heavy atom. The first-order valence-electron chi connectivity index (χ1n) is 10.1. The minimum Gasteiger partial charge on any atom is -0.393 e. The van der Waals surface area contributed by atoms with Crippen molar-refractivity contribution < 1.29 is 9.90 Å². The molecular weight excluding hydrogens is 423 g/mol. The number of piperidine rings is 1. The third-order valence-electron chi connectivity index (χ3n) is 5.65. The van der Waals surface area contributed by atoms with Crippen molar-refractivity contribution in [1.82, 2.24) is 10.4 Å². The molecule has 2 atom stereocenters. The Hall–Kier alpha value is -2.12. The van der Waals surface area contributed by atoms with Crippen molar-refractivity contribution in [2.24, 2.45) is 11.0 Å². The number of hydrazone groups is 1. The summed E-state index contributed by atoms with van der Waals surface area (Å²) in [6, 6.07) is 14.9. The van der Waals surface area contributed by atoms with Gasteiger partial charge in [0.2, 0.25) is 0 Å². The Bertz CT molecular complexity index is 942. The molecule has 0 radical (unpaired) electrons. The van der Waals surface area contributed by atoms with Crippen molar-refractivity contribution in [3.05, 3.63) is 64.1 Å². The third kappa shape index (κ3) is 4.32. The molecule has 4 rings (SSSR count). The second-order valence-corrected chi connectivity index (χ2v) is 8.57. The molecule has 2 aliphatic heterocycles. The average Bonchev–Trinajstić information content (AvgIpc) is 3.08. The molecule has 2 N–H and O–H groups in total. The molecule has 2 heterocycles.